The molecule has 0 N–H and O–H groups in total. The van der Waals surface area contributed by atoms with E-state index in [9.17, 15) is 9.59 Å². The van der Waals surface area contributed by atoms with Gasteiger partial charge in [-0.3, -0.25) is 9.59 Å². The molecule has 0 bridgehead atoms. The van der Waals surface area contributed by atoms with Gasteiger partial charge < -0.3 is 14.3 Å². The van der Waals surface area contributed by atoms with Gasteiger partial charge in [-0.15, -0.1) is 0 Å². The number of carbonyl (C=O) groups excluding carboxylic acids is 2. The maximum absolute atomic E-state index is 12.9. The van der Waals surface area contributed by atoms with E-state index in [4.69, 9.17) is 4.52 Å². The second-order valence-electron chi connectivity index (χ2n) is 8.34. The summed E-state index contributed by atoms with van der Waals surface area (Å²) >= 11 is 1.55. The molecule has 168 valence electrons. The van der Waals surface area contributed by atoms with Crippen molar-refractivity contribution >= 4 is 35.0 Å². The molecular weight excluding hydrogens is 448 g/mol. The fourth-order valence-electron chi connectivity index (χ4n) is 4.40. The second kappa shape index (κ2) is 8.14. The number of aromatic nitrogens is 2. The molecule has 1 fully saturated rings. The van der Waals surface area contributed by atoms with Crippen molar-refractivity contribution in [2.24, 2.45) is 0 Å². The number of amides is 2. The number of benzene rings is 3. The standard InChI is InChI=1S/C26H20N4O3S/c1-29-20-12-11-16(13-22(20)34-21-10-6-5-9-19(21)26(29)32)24-27-25(33-28-24)17-14-23(31)30(15-17)18-7-3-2-4-8-18/h2-13,17H,14-15H2,1H3/t17-/m1/s1. The Balaban J connectivity index is 1.29. The van der Waals surface area contributed by atoms with Crippen LogP contribution in [0, 0.1) is 0 Å². The predicted octanol–water partition coefficient (Wildman–Crippen LogP) is 5.00. The second-order valence-corrected chi connectivity index (χ2v) is 9.43. The Bertz CT molecular complexity index is 1420. The maximum Gasteiger partial charge on any atom is 0.259 e. The highest BCUT2D eigenvalue weighted by atomic mass is 32.2. The number of hydrogen-bond acceptors (Lipinski definition) is 6. The lowest BCUT2D eigenvalue weighted by atomic mass is 10.1. The van der Waals surface area contributed by atoms with E-state index in [0.717, 1.165) is 26.7 Å². The Morgan fingerprint density at radius 2 is 1.76 bits per heavy atom. The van der Waals surface area contributed by atoms with Gasteiger partial charge in [0.2, 0.25) is 17.6 Å². The van der Waals surface area contributed by atoms with Crippen LogP contribution in [0.3, 0.4) is 0 Å². The summed E-state index contributed by atoms with van der Waals surface area (Å²) in [7, 11) is 1.78. The number of hydrogen-bond donors (Lipinski definition) is 0. The topological polar surface area (TPSA) is 79.5 Å². The molecule has 8 heteroatoms. The molecule has 2 amide bonds. The lowest BCUT2D eigenvalue weighted by Gasteiger charge is -2.17. The van der Waals surface area contributed by atoms with Crippen molar-refractivity contribution in [2.45, 2.75) is 22.1 Å². The van der Waals surface area contributed by atoms with E-state index < -0.39 is 0 Å². The van der Waals surface area contributed by atoms with Crippen molar-refractivity contribution in [3.63, 3.8) is 0 Å². The predicted molar refractivity (Wildman–Crippen MR) is 129 cm³/mol. The molecule has 0 unspecified atom stereocenters. The number of fused-ring (bicyclic) bond motifs is 2. The number of anilines is 2. The average Bonchev–Trinajstić information content (AvgIpc) is 3.49. The summed E-state index contributed by atoms with van der Waals surface area (Å²) in [5.74, 6) is 0.784. The van der Waals surface area contributed by atoms with Gasteiger partial charge >= 0.3 is 0 Å². The van der Waals surface area contributed by atoms with Gasteiger partial charge in [0.1, 0.15) is 0 Å². The highest BCUT2D eigenvalue weighted by Crippen LogP contribution is 2.42. The van der Waals surface area contributed by atoms with Crippen LogP contribution in [0.1, 0.15) is 28.6 Å². The molecule has 1 atom stereocenters. The van der Waals surface area contributed by atoms with Gasteiger partial charge in [-0.1, -0.05) is 47.3 Å². The smallest absolute Gasteiger partial charge is 0.259 e. The molecule has 4 aromatic rings. The molecule has 7 nitrogen and oxygen atoms in total. The van der Waals surface area contributed by atoms with Crippen LogP contribution in [-0.2, 0) is 4.79 Å². The lowest BCUT2D eigenvalue weighted by Crippen LogP contribution is -2.25. The first-order chi connectivity index (χ1) is 16.6. The Morgan fingerprint density at radius 1 is 0.971 bits per heavy atom. The first-order valence-corrected chi connectivity index (χ1v) is 11.8. The van der Waals surface area contributed by atoms with E-state index in [0.29, 0.717) is 30.2 Å². The van der Waals surface area contributed by atoms with Crippen molar-refractivity contribution in [2.75, 3.05) is 23.4 Å². The fourth-order valence-corrected chi connectivity index (χ4v) is 5.55. The van der Waals surface area contributed by atoms with Crippen molar-refractivity contribution in [1.29, 1.82) is 0 Å². The summed E-state index contributed by atoms with van der Waals surface area (Å²) in [5.41, 5.74) is 3.18. The minimum absolute atomic E-state index is 0.0367. The van der Waals surface area contributed by atoms with Gasteiger partial charge in [-0.2, -0.15) is 4.98 Å². The van der Waals surface area contributed by atoms with Gasteiger partial charge in [-0.25, -0.2) is 0 Å². The SMILES string of the molecule is CN1C(=O)c2ccccc2Sc2cc(-c3noc([C@@H]4CC(=O)N(c5ccccc5)C4)n3)ccc21. The van der Waals surface area contributed by atoms with Crippen molar-refractivity contribution in [3.05, 3.63) is 84.3 Å². The number of carbonyl (C=O) groups is 2. The van der Waals surface area contributed by atoms with Crippen LogP contribution in [0.25, 0.3) is 11.4 Å². The molecule has 0 spiro atoms. The van der Waals surface area contributed by atoms with Crippen LogP contribution >= 0.6 is 11.8 Å². The molecule has 2 aliphatic rings. The minimum atomic E-state index is -0.153. The third-order valence-electron chi connectivity index (χ3n) is 6.21. The third kappa shape index (κ3) is 3.47. The van der Waals surface area contributed by atoms with Gasteiger partial charge in [0.25, 0.3) is 5.91 Å². The summed E-state index contributed by atoms with van der Waals surface area (Å²) < 4.78 is 5.59. The zero-order chi connectivity index (χ0) is 23.2. The van der Waals surface area contributed by atoms with E-state index in [1.165, 1.54) is 0 Å². The van der Waals surface area contributed by atoms with Crippen LogP contribution in [0.5, 0.6) is 0 Å². The molecule has 1 saturated heterocycles. The van der Waals surface area contributed by atoms with E-state index in [1.807, 2.05) is 72.8 Å². The van der Waals surface area contributed by atoms with Crippen LogP contribution in [0.15, 0.2) is 87.1 Å². The van der Waals surface area contributed by atoms with Crippen LogP contribution in [0.4, 0.5) is 11.4 Å². The highest BCUT2D eigenvalue weighted by Gasteiger charge is 2.35. The summed E-state index contributed by atoms with van der Waals surface area (Å²) in [4.78, 5) is 35.4. The summed E-state index contributed by atoms with van der Waals surface area (Å²) in [6.45, 7) is 0.508. The molecular formula is C26H20N4O3S. The lowest BCUT2D eigenvalue weighted by molar-refractivity contribution is -0.117. The molecule has 0 saturated carbocycles. The molecule has 34 heavy (non-hydrogen) atoms. The van der Waals surface area contributed by atoms with E-state index >= 15 is 0 Å². The zero-order valence-corrected chi connectivity index (χ0v) is 19.2. The number of para-hydroxylation sites is 1. The molecule has 0 aliphatic carbocycles. The number of nitrogens with zero attached hydrogens (tertiary/aromatic N) is 4. The Morgan fingerprint density at radius 3 is 2.62 bits per heavy atom. The fraction of sp³-hybridized carbons (Fsp3) is 0.154. The van der Waals surface area contributed by atoms with Gasteiger partial charge in [0.15, 0.2) is 0 Å². The van der Waals surface area contributed by atoms with Crippen molar-refractivity contribution in [3.8, 4) is 11.4 Å². The summed E-state index contributed by atoms with van der Waals surface area (Å²) in [6.07, 6.45) is 0.334. The normalized spacial score (nSPS) is 17.5. The third-order valence-corrected chi connectivity index (χ3v) is 7.33. The Hall–Kier alpha value is -3.91. The van der Waals surface area contributed by atoms with Crippen LogP contribution in [-0.4, -0.2) is 35.5 Å². The number of rotatable bonds is 3. The quantitative estimate of drug-likeness (QED) is 0.421. The van der Waals surface area contributed by atoms with E-state index in [1.54, 1.807) is 28.6 Å². The largest absolute Gasteiger partial charge is 0.339 e. The molecule has 0 radical (unpaired) electrons. The monoisotopic (exact) mass is 468 g/mol. The average molecular weight is 469 g/mol. The molecule has 1 aromatic heterocycles. The summed E-state index contributed by atoms with van der Waals surface area (Å²) in [6, 6.07) is 23.0. The van der Waals surface area contributed by atoms with Crippen LogP contribution in [0.2, 0.25) is 0 Å². The molecule has 6 rings (SSSR count). The molecule has 3 aromatic carbocycles. The van der Waals surface area contributed by atoms with Gasteiger partial charge in [0, 0.05) is 41.1 Å². The Kier molecular flexibility index (Phi) is 4.95. The Labute approximate surface area is 200 Å². The minimum Gasteiger partial charge on any atom is -0.339 e. The maximum atomic E-state index is 12.9. The summed E-state index contributed by atoms with van der Waals surface area (Å²) in [5, 5.41) is 4.20. The molecule has 2 aliphatic heterocycles. The zero-order valence-electron chi connectivity index (χ0n) is 18.3. The van der Waals surface area contributed by atoms with Crippen molar-refractivity contribution < 1.29 is 14.1 Å². The first kappa shape index (κ1) is 20.7. The van der Waals surface area contributed by atoms with Gasteiger partial charge in [-0.05, 0) is 42.5 Å². The molecule has 3 heterocycles. The van der Waals surface area contributed by atoms with Crippen molar-refractivity contribution in [1.82, 2.24) is 10.1 Å². The van der Waals surface area contributed by atoms with Gasteiger partial charge in [0.05, 0.1) is 17.2 Å². The first-order valence-electron chi connectivity index (χ1n) is 11.0. The van der Waals surface area contributed by atoms with Crippen LogP contribution < -0.4 is 9.80 Å². The van der Waals surface area contributed by atoms with E-state index in [2.05, 4.69) is 10.1 Å². The highest BCUT2D eigenvalue weighted by molar-refractivity contribution is 7.99. The van der Waals surface area contributed by atoms with E-state index in [-0.39, 0.29) is 17.7 Å².